The third kappa shape index (κ3) is 3.57. The number of carbonyl (C=O) groups excluding carboxylic acids is 1. The van der Waals surface area contributed by atoms with E-state index in [4.69, 9.17) is 5.73 Å². The van der Waals surface area contributed by atoms with Crippen LogP contribution in [0.2, 0.25) is 0 Å². The third-order valence-electron chi connectivity index (χ3n) is 2.37. The molecular formula is C14H13N3O2. The molecule has 2 aromatic rings. The number of hydrogen-bond donors (Lipinski definition) is 3. The van der Waals surface area contributed by atoms with E-state index in [0.29, 0.717) is 5.69 Å². The van der Waals surface area contributed by atoms with Crippen LogP contribution in [0.4, 0.5) is 11.5 Å². The summed E-state index contributed by atoms with van der Waals surface area (Å²) in [4.78, 5) is 15.5. The summed E-state index contributed by atoms with van der Waals surface area (Å²) in [5.41, 5.74) is 7.08. The van der Waals surface area contributed by atoms with Gasteiger partial charge in [-0.25, -0.2) is 4.98 Å². The smallest absolute Gasteiger partial charge is 0.249 e. The number of nitrogens with one attached hydrogen (secondary N) is 1. The summed E-state index contributed by atoms with van der Waals surface area (Å²) in [6.45, 7) is 0. The molecule has 0 saturated carbocycles. The highest BCUT2D eigenvalue weighted by Crippen LogP contribution is 2.18. The number of nitrogen functional groups attached to an aromatic ring is 1. The molecule has 96 valence electrons. The topological polar surface area (TPSA) is 88.2 Å². The van der Waals surface area contributed by atoms with E-state index in [2.05, 4.69) is 10.3 Å². The second kappa shape index (κ2) is 5.68. The Morgan fingerprint density at radius 3 is 2.89 bits per heavy atom. The van der Waals surface area contributed by atoms with Crippen LogP contribution in [0.3, 0.4) is 0 Å². The summed E-state index contributed by atoms with van der Waals surface area (Å²) in [5, 5.41) is 11.9. The van der Waals surface area contributed by atoms with Gasteiger partial charge >= 0.3 is 0 Å². The minimum absolute atomic E-state index is 0.0757. The molecule has 1 aromatic heterocycles. The largest absolute Gasteiger partial charge is 0.504 e. The molecule has 0 spiro atoms. The van der Waals surface area contributed by atoms with Crippen molar-refractivity contribution in [2.24, 2.45) is 0 Å². The number of pyridine rings is 1. The van der Waals surface area contributed by atoms with Crippen LogP contribution >= 0.6 is 0 Å². The highest BCUT2D eigenvalue weighted by molar-refractivity contribution is 6.02. The first kappa shape index (κ1) is 12.6. The molecule has 0 aliphatic rings. The number of benzene rings is 1. The fraction of sp³-hybridized carbons (Fsp3) is 0. The molecule has 19 heavy (non-hydrogen) atoms. The zero-order chi connectivity index (χ0) is 13.7. The maximum atomic E-state index is 11.6. The van der Waals surface area contributed by atoms with Crippen molar-refractivity contribution in [1.29, 1.82) is 0 Å². The Bertz CT molecular complexity index is 624. The average Bonchev–Trinajstić information content (AvgIpc) is 2.39. The van der Waals surface area contributed by atoms with Gasteiger partial charge in [0.1, 0.15) is 0 Å². The van der Waals surface area contributed by atoms with Crippen LogP contribution in [0, 0.1) is 0 Å². The lowest BCUT2D eigenvalue weighted by Crippen LogP contribution is -2.09. The van der Waals surface area contributed by atoms with E-state index in [1.54, 1.807) is 30.3 Å². The number of aromatic nitrogens is 1. The van der Waals surface area contributed by atoms with Crippen LogP contribution in [-0.4, -0.2) is 16.0 Å². The average molecular weight is 255 g/mol. The summed E-state index contributed by atoms with van der Waals surface area (Å²) in [7, 11) is 0. The first-order chi connectivity index (χ1) is 9.15. The van der Waals surface area contributed by atoms with Gasteiger partial charge in [-0.05, 0) is 35.9 Å². The maximum Gasteiger partial charge on any atom is 0.249 e. The lowest BCUT2D eigenvalue weighted by atomic mass is 10.2. The van der Waals surface area contributed by atoms with E-state index in [1.807, 2.05) is 6.07 Å². The Kier molecular flexibility index (Phi) is 3.78. The van der Waals surface area contributed by atoms with E-state index >= 15 is 0 Å². The van der Waals surface area contributed by atoms with Crippen molar-refractivity contribution in [2.45, 2.75) is 0 Å². The zero-order valence-corrected chi connectivity index (χ0v) is 10.1. The van der Waals surface area contributed by atoms with Crippen molar-refractivity contribution in [1.82, 2.24) is 4.98 Å². The number of carbonyl (C=O) groups is 1. The molecule has 5 heteroatoms. The Morgan fingerprint density at radius 1 is 1.32 bits per heavy atom. The number of anilines is 2. The predicted octanol–water partition coefficient (Wildman–Crippen LogP) is 2.02. The van der Waals surface area contributed by atoms with Gasteiger partial charge in [0.2, 0.25) is 5.91 Å². The van der Waals surface area contributed by atoms with Crippen LogP contribution in [0.25, 0.3) is 6.08 Å². The second-order valence-corrected chi connectivity index (χ2v) is 3.86. The molecular weight excluding hydrogens is 242 g/mol. The van der Waals surface area contributed by atoms with Crippen molar-refractivity contribution in [2.75, 3.05) is 11.1 Å². The summed E-state index contributed by atoms with van der Waals surface area (Å²) >= 11 is 0. The first-order valence-corrected chi connectivity index (χ1v) is 5.64. The van der Waals surface area contributed by atoms with Crippen LogP contribution in [0.15, 0.2) is 48.7 Å². The normalized spacial score (nSPS) is 10.5. The standard InChI is InChI=1S/C14H13N3O2/c15-11-4-1-3-10(9-11)6-7-13(19)17-14-12(18)5-2-8-16-14/h1-9,18H,15H2,(H,16,17,19)/b7-6+. The molecule has 0 aliphatic carbocycles. The zero-order valence-electron chi connectivity index (χ0n) is 10.1. The van der Waals surface area contributed by atoms with Gasteiger partial charge in [0, 0.05) is 18.0 Å². The van der Waals surface area contributed by atoms with Gasteiger partial charge in [0.15, 0.2) is 11.6 Å². The quantitative estimate of drug-likeness (QED) is 0.578. The van der Waals surface area contributed by atoms with E-state index < -0.39 is 0 Å². The highest BCUT2D eigenvalue weighted by atomic mass is 16.3. The third-order valence-corrected chi connectivity index (χ3v) is 2.37. The van der Waals surface area contributed by atoms with E-state index in [0.717, 1.165) is 5.56 Å². The van der Waals surface area contributed by atoms with Gasteiger partial charge in [0.25, 0.3) is 0 Å². The number of amides is 1. The van der Waals surface area contributed by atoms with Crippen LogP contribution in [-0.2, 0) is 4.79 Å². The van der Waals surface area contributed by atoms with Crippen molar-refractivity contribution in [3.05, 3.63) is 54.2 Å². The van der Waals surface area contributed by atoms with Gasteiger partial charge in [-0.15, -0.1) is 0 Å². The highest BCUT2D eigenvalue weighted by Gasteiger charge is 2.03. The Balaban J connectivity index is 2.04. The van der Waals surface area contributed by atoms with Gasteiger partial charge in [-0.1, -0.05) is 12.1 Å². The SMILES string of the molecule is Nc1cccc(/C=C/C(=O)Nc2ncccc2O)c1. The van der Waals surface area contributed by atoms with Crippen molar-refractivity contribution < 1.29 is 9.90 Å². The molecule has 0 saturated heterocycles. The molecule has 0 atom stereocenters. The Hall–Kier alpha value is -2.82. The second-order valence-electron chi connectivity index (χ2n) is 3.86. The van der Waals surface area contributed by atoms with Crippen LogP contribution < -0.4 is 11.1 Å². The monoisotopic (exact) mass is 255 g/mol. The number of nitrogens with two attached hydrogens (primary N) is 1. The lowest BCUT2D eigenvalue weighted by molar-refractivity contribution is -0.111. The molecule has 5 nitrogen and oxygen atoms in total. The number of aromatic hydroxyl groups is 1. The molecule has 4 N–H and O–H groups in total. The Morgan fingerprint density at radius 2 is 2.16 bits per heavy atom. The summed E-state index contributed by atoms with van der Waals surface area (Å²) in [6, 6.07) is 10.2. The summed E-state index contributed by atoms with van der Waals surface area (Å²) in [5.74, 6) is -0.325. The maximum absolute atomic E-state index is 11.6. The Labute approximate surface area is 110 Å². The van der Waals surface area contributed by atoms with E-state index in [1.165, 1.54) is 18.3 Å². The fourth-order valence-electron chi connectivity index (χ4n) is 1.49. The summed E-state index contributed by atoms with van der Waals surface area (Å²) in [6.07, 6.45) is 4.46. The van der Waals surface area contributed by atoms with Gasteiger partial charge in [0.05, 0.1) is 0 Å². The molecule has 0 unspecified atom stereocenters. The van der Waals surface area contributed by atoms with Crippen molar-refractivity contribution in [3.63, 3.8) is 0 Å². The number of rotatable bonds is 3. The molecule has 0 aliphatic heterocycles. The van der Waals surface area contributed by atoms with E-state index in [9.17, 15) is 9.90 Å². The number of nitrogens with zero attached hydrogens (tertiary/aromatic N) is 1. The summed E-state index contributed by atoms with van der Waals surface area (Å²) < 4.78 is 0. The van der Waals surface area contributed by atoms with Gasteiger partial charge in [-0.3, -0.25) is 4.79 Å². The lowest BCUT2D eigenvalue weighted by Gasteiger charge is -2.02. The van der Waals surface area contributed by atoms with Crippen LogP contribution in [0.5, 0.6) is 5.75 Å². The molecule has 2 rings (SSSR count). The molecule has 1 amide bonds. The fourth-order valence-corrected chi connectivity index (χ4v) is 1.49. The minimum atomic E-state index is -0.378. The van der Waals surface area contributed by atoms with Gasteiger partial charge in [-0.2, -0.15) is 0 Å². The first-order valence-electron chi connectivity index (χ1n) is 5.64. The minimum Gasteiger partial charge on any atom is -0.504 e. The molecule has 1 heterocycles. The van der Waals surface area contributed by atoms with Crippen molar-refractivity contribution in [3.8, 4) is 5.75 Å². The molecule has 0 bridgehead atoms. The molecule has 0 radical (unpaired) electrons. The van der Waals surface area contributed by atoms with Gasteiger partial charge < -0.3 is 16.2 Å². The van der Waals surface area contributed by atoms with Crippen molar-refractivity contribution >= 4 is 23.5 Å². The molecule has 0 fully saturated rings. The van der Waals surface area contributed by atoms with Crippen LogP contribution in [0.1, 0.15) is 5.56 Å². The number of hydrogen-bond acceptors (Lipinski definition) is 4. The van der Waals surface area contributed by atoms with E-state index in [-0.39, 0.29) is 17.5 Å². The predicted molar refractivity (Wildman–Crippen MR) is 74.4 cm³/mol. The molecule has 1 aromatic carbocycles.